The van der Waals surface area contributed by atoms with Crippen LogP contribution in [0.25, 0.3) is 22.6 Å². The Morgan fingerprint density at radius 3 is 2.64 bits per heavy atom. The molecule has 0 radical (unpaired) electrons. The first-order chi connectivity index (χ1) is 13.5. The quantitative estimate of drug-likeness (QED) is 0.216. The molecule has 4 rings (SSSR count). The smallest absolute Gasteiger partial charge is 0.284 e. The Hall–Kier alpha value is -3.32. The lowest BCUT2D eigenvalue weighted by molar-refractivity contribution is -0.385. The van der Waals surface area contributed by atoms with E-state index in [0.717, 1.165) is 27.9 Å². The Kier molecular flexibility index (Phi) is 4.75. The van der Waals surface area contributed by atoms with Gasteiger partial charge in [0.2, 0.25) is 5.89 Å². The van der Waals surface area contributed by atoms with Gasteiger partial charge in [0.25, 0.3) is 5.69 Å². The molecule has 0 saturated heterocycles. The number of hydrogen-bond donors (Lipinski definition) is 0. The van der Waals surface area contributed by atoms with Crippen molar-refractivity contribution in [2.45, 2.75) is 6.92 Å². The van der Waals surface area contributed by atoms with Crippen LogP contribution in [0.4, 0.5) is 11.4 Å². The minimum atomic E-state index is -0.432. The molecule has 1 heterocycles. The molecule has 4 aromatic rings. The van der Waals surface area contributed by atoms with Gasteiger partial charge < -0.3 is 4.42 Å². The lowest BCUT2D eigenvalue weighted by Crippen LogP contribution is -1.91. The normalized spacial score (nSPS) is 11.4. The van der Waals surface area contributed by atoms with Crippen LogP contribution in [-0.2, 0) is 0 Å². The van der Waals surface area contributed by atoms with E-state index in [9.17, 15) is 10.1 Å². The molecule has 0 N–H and O–H groups in total. The number of aryl methyl sites for hydroxylation is 1. The Morgan fingerprint density at radius 2 is 1.93 bits per heavy atom. The molecule has 6 nitrogen and oxygen atoms in total. The Balaban J connectivity index is 1.58. The van der Waals surface area contributed by atoms with Gasteiger partial charge in [-0.15, -0.1) is 0 Å². The molecule has 0 fully saturated rings. The van der Waals surface area contributed by atoms with Gasteiger partial charge in [0, 0.05) is 17.8 Å². The number of hydrogen-bond acceptors (Lipinski definition) is 5. The maximum absolute atomic E-state index is 11.0. The number of oxazole rings is 1. The zero-order valence-corrected chi connectivity index (χ0v) is 16.4. The highest BCUT2D eigenvalue weighted by Gasteiger charge is 2.12. The molecular formula is C21H14BrN3O3. The number of aromatic nitrogens is 1. The highest BCUT2D eigenvalue weighted by atomic mass is 79.9. The van der Waals surface area contributed by atoms with E-state index in [0.29, 0.717) is 15.9 Å². The van der Waals surface area contributed by atoms with Crippen LogP contribution in [0.2, 0.25) is 0 Å². The van der Waals surface area contributed by atoms with E-state index in [4.69, 9.17) is 4.42 Å². The van der Waals surface area contributed by atoms with Crippen molar-refractivity contribution in [3.05, 3.63) is 86.4 Å². The van der Waals surface area contributed by atoms with Crippen LogP contribution in [0.5, 0.6) is 0 Å². The maximum atomic E-state index is 11.0. The highest BCUT2D eigenvalue weighted by Crippen LogP contribution is 2.28. The average molecular weight is 436 g/mol. The fraction of sp³-hybridized carbons (Fsp3) is 0.0476. The fourth-order valence-corrected chi connectivity index (χ4v) is 3.19. The summed E-state index contributed by atoms with van der Waals surface area (Å²) in [5, 5.41) is 11.0. The van der Waals surface area contributed by atoms with E-state index in [1.165, 1.54) is 6.07 Å². The van der Waals surface area contributed by atoms with Crippen molar-refractivity contribution in [1.29, 1.82) is 0 Å². The number of halogens is 1. The molecule has 0 unspecified atom stereocenters. The van der Waals surface area contributed by atoms with Gasteiger partial charge in [-0.3, -0.25) is 15.1 Å². The molecule has 138 valence electrons. The van der Waals surface area contributed by atoms with E-state index in [1.807, 2.05) is 49.4 Å². The van der Waals surface area contributed by atoms with Gasteiger partial charge in [-0.05, 0) is 70.4 Å². The van der Waals surface area contributed by atoms with Crippen molar-refractivity contribution in [1.82, 2.24) is 4.98 Å². The average Bonchev–Trinajstić information content (AvgIpc) is 3.13. The Labute approximate surface area is 168 Å². The van der Waals surface area contributed by atoms with Gasteiger partial charge in [0.15, 0.2) is 5.58 Å². The summed E-state index contributed by atoms with van der Waals surface area (Å²) in [4.78, 5) is 19.5. The van der Waals surface area contributed by atoms with Crippen LogP contribution < -0.4 is 0 Å². The van der Waals surface area contributed by atoms with Gasteiger partial charge in [-0.1, -0.05) is 18.2 Å². The zero-order valence-electron chi connectivity index (χ0n) is 14.8. The summed E-state index contributed by atoms with van der Waals surface area (Å²) in [6.45, 7) is 2.00. The molecule has 0 spiro atoms. The fourth-order valence-electron chi connectivity index (χ4n) is 2.80. The van der Waals surface area contributed by atoms with Gasteiger partial charge in [-0.2, -0.15) is 0 Å². The lowest BCUT2D eigenvalue weighted by Gasteiger charge is -1.99. The summed E-state index contributed by atoms with van der Waals surface area (Å²) in [6, 6.07) is 18.2. The number of nitro groups is 1. The van der Waals surface area contributed by atoms with E-state index in [2.05, 4.69) is 25.9 Å². The van der Waals surface area contributed by atoms with Crippen LogP contribution in [0.15, 0.2) is 74.5 Å². The maximum Gasteiger partial charge on any atom is 0.284 e. The zero-order chi connectivity index (χ0) is 19.7. The molecular weight excluding hydrogens is 422 g/mol. The number of para-hydroxylation sites is 1. The molecule has 0 aliphatic carbocycles. The number of benzene rings is 3. The number of rotatable bonds is 4. The summed E-state index contributed by atoms with van der Waals surface area (Å²) < 4.78 is 6.27. The second-order valence-corrected chi connectivity index (χ2v) is 7.07. The third-order valence-electron chi connectivity index (χ3n) is 4.26. The van der Waals surface area contributed by atoms with Crippen molar-refractivity contribution in [3.63, 3.8) is 0 Å². The molecule has 0 atom stereocenters. The Bertz CT molecular complexity index is 1210. The van der Waals surface area contributed by atoms with Crippen LogP contribution in [0.3, 0.4) is 0 Å². The highest BCUT2D eigenvalue weighted by molar-refractivity contribution is 9.10. The van der Waals surface area contributed by atoms with Gasteiger partial charge in [-0.25, -0.2) is 4.98 Å². The van der Waals surface area contributed by atoms with Gasteiger partial charge in [0.1, 0.15) is 5.52 Å². The van der Waals surface area contributed by atoms with Crippen LogP contribution in [0, 0.1) is 17.0 Å². The molecule has 3 aromatic carbocycles. The summed E-state index contributed by atoms with van der Waals surface area (Å²) in [6.07, 6.45) is 1.59. The summed E-state index contributed by atoms with van der Waals surface area (Å²) in [7, 11) is 0. The second kappa shape index (κ2) is 7.36. The molecule has 28 heavy (non-hydrogen) atoms. The molecule has 0 aliphatic rings. The number of nitrogens with zero attached hydrogens (tertiary/aromatic N) is 3. The SMILES string of the molecule is Cc1cccc2oc(-c3ccc(N=Cc4ccc(Br)c([N+](=O)[O-])c4)cc3)nc12. The molecule has 0 aliphatic heterocycles. The van der Waals surface area contributed by atoms with E-state index < -0.39 is 4.92 Å². The van der Waals surface area contributed by atoms with Crippen LogP contribution in [0.1, 0.15) is 11.1 Å². The van der Waals surface area contributed by atoms with Gasteiger partial charge in [0.05, 0.1) is 15.1 Å². The van der Waals surface area contributed by atoms with Crippen LogP contribution in [-0.4, -0.2) is 16.1 Å². The number of aliphatic imine (C=N–C) groups is 1. The lowest BCUT2D eigenvalue weighted by atomic mass is 10.2. The summed E-state index contributed by atoms with van der Waals surface area (Å²) in [5.74, 6) is 0.559. The minimum Gasteiger partial charge on any atom is -0.436 e. The summed E-state index contributed by atoms with van der Waals surface area (Å²) >= 11 is 3.17. The first kappa shape index (κ1) is 18.1. The second-order valence-electron chi connectivity index (χ2n) is 6.21. The van der Waals surface area contributed by atoms with Crippen molar-refractivity contribution >= 4 is 44.6 Å². The summed E-state index contributed by atoms with van der Waals surface area (Å²) in [5.41, 5.74) is 4.91. The third kappa shape index (κ3) is 3.57. The monoisotopic (exact) mass is 435 g/mol. The molecule has 0 saturated carbocycles. The van der Waals surface area contributed by atoms with E-state index in [-0.39, 0.29) is 5.69 Å². The molecule has 0 amide bonds. The minimum absolute atomic E-state index is 0.00514. The van der Waals surface area contributed by atoms with Crippen molar-refractivity contribution in [2.24, 2.45) is 4.99 Å². The third-order valence-corrected chi connectivity index (χ3v) is 4.94. The van der Waals surface area contributed by atoms with Crippen molar-refractivity contribution in [2.75, 3.05) is 0 Å². The van der Waals surface area contributed by atoms with E-state index in [1.54, 1.807) is 18.3 Å². The van der Waals surface area contributed by atoms with Gasteiger partial charge >= 0.3 is 0 Å². The molecule has 7 heteroatoms. The van der Waals surface area contributed by atoms with Crippen molar-refractivity contribution in [3.8, 4) is 11.5 Å². The first-order valence-corrected chi connectivity index (χ1v) is 9.25. The Morgan fingerprint density at radius 1 is 1.14 bits per heavy atom. The topological polar surface area (TPSA) is 81.5 Å². The predicted molar refractivity (Wildman–Crippen MR) is 112 cm³/mol. The predicted octanol–water partition coefficient (Wildman–Crippen LogP) is 6.22. The van der Waals surface area contributed by atoms with Crippen molar-refractivity contribution < 1.29 is 9.34 Å². The first-order valence-electron chi connectivity index (χ1n) is 8.46. The largest absolute Gasteiger partial charge is 0.436 e. The number of fused-ring (bicyclic) bond motifs is 1. The van der Waals surface area contributed by atoms with Crippen LogP contribution >= 0.6 is 15.9 Å². The molecule has 1 aromatic heterocycles. The number of nitro benzene ring substituents is 1. The van der Waals surface area contributed by atoms with E-state index >= 15 is 0 Å². The standard InChI is InChI=1S/C21H14BrN3O3/c1-13-3-2-4-19-20(13)24-21(28-19)15-6-8-16(9-7-15)23-12-14-5-10-17(22)18(11-14)25(26)27/h2-12H,1H3. The molecule has 0 bridgehead atoms.